The van der Waals surface area contributed by atoms with Crippen molar-refractivity contribution in [1.29, 1.82) is 0 Å². The Balaban J connectivity index is 1.16. The minimum atomic E-state index is -1.60. The Kier molecular flexibility index (Phi) is 20.5. The number of pyridine rings is 1. The molecule has 1 aliphatic rings. The molecule has 35 heteroatoms. The van der Waals surface area contributed by atoms with Crippen molar-refractivity contribution in [2.24, 2.45) is 0 Å². The summed E-state index contributed by atoms with van der Waals surface area (Å²) in [4.78, 5) is 170. The molecule has 0 radical (unpaired) electrons. The summed E-state index contributed by atoms with van der Waals surface area (Å²) >= 11 is 4.29. The first kappa shape index (κ1) is 64.0. The number of hydrogen-bond donors (Lipinski definition) is 12. The first-order chi connectivity index (χ1) is 41.2. The molecule has 0 saturated heterocycles. The molecule has 0 fully saturated rings. The van der Waals surface area contributed by atoms with Crippen LogP contribution in [0.25, 0.3) is 27.7 Å². The van der Waals surface area contributed by atoms with E-state index in [9.17, 15) is 57.8 Å². The molecule has 0 saturated carbocycles. The van der Waals surface area contributed by atoms with Crippen LogP contribution in [0.5, 0.6) is 0 Å². The summed E-state index contributed by atoms with van der Waals surface area (Å²) in [6.45, 7) is 23.6. The maximum absolute atomic E-state index is 13.9. The summed E-state index contributed by atoms with van der Waals surface area (Å²) in [6, 6.07) is -0.796. The largest absolute Gasteiger partial charge is 0.477 e. The van der Waals surface area contributed by atoms with Crippen molar-refractivity contribution in [1.82, 2.24) is 83.1 Å². The van der Waals surface area contributed by atoms with E-state index in [1.165, 1.54) is 47.0 Å². The minimum absolute atomic E-state index is 0.0253. The predicted molar refractivity (Wildman–Crippen MR) is 311 cm³/mol. The first-order valence-electron chi connectivity index (χ1n) is 24.6. The second-order valence-corrected chi connectivity index (χ2v) is 21.5. The molecule has 6 aromatic heterocycles. The molecule has 31 nitrogen and oxygen atoms in total. The average molecular weight is 1270 g/mol. The van der Waals surface area contributed by atoms with Gasteiger partial charge >= 0.3 is 5.97 Å². The van der Waals surface area contributed by atoms with Crippen LogP contribution >= 0.6 is 45.8 Å². The topological polar surface area (TPSA) is 452 Å². The normalized spacial score (nSPS) is 16.4. The van der Waals surface area contributed by atoms with Gasteiger partial charge in [0.05, 0.1) is 47.2 Å². The van der Waals surface area contributed by atoms with Gasteiger partial charge in [-0.3, -0.25) is 47.9 Å². The van der Waals surface area contributed by atoms with Gasteiger partial charge in [0, 0.05) is 27.5 Å². The Hall–Kier alpha value is -10.6. The molecule has 450 valence electrons. The highest BCUT2D eigenvalue weighted by Crippen LogP contribution is 2.34. The van der Waals surface area contributed by atoms with Crippen LogP contribution in [-0.2, 0) is 35.3 Å². The summed E-state index contributed by atoms with van der Waals surface area (Å²) in [5.41, 5.74) is -4.59. The number of thioether (sulfide) groups is 1. The van der Waals surface area contributed by atoms with Gasteiger partial charge in [0.2, 0.25) is 17.7 Å². The van der Waals surface area contributed by atoms with E-state index < -0.39 is 123 Å². The van der Waals surface area contributed by atoms with Crippen molar-refractivity contribution in [2.75, 3.05) is 12.0 Å². The highest BCUT2D eigenvalue weighted by atomic mass is 32.2. The molecule has 7 rings (SSSR count). The number of rotatable bonds is 12. The van der Waals surface area contributed by atoms with Gasteiger partial charge in [-0.15, -0.1) is 34.0 Å². The number of aliphatic hydroxyl groups is 1. The van der Waals surface area contributed by atoms with Crippen molar-refractivity contribution in [3.8, 4) is 22.0 Å². The number of thiazole rings is 3. The molecule has 10 amide bonds. The number of hydrogen-bond acceptors (Lipinski definition) is 24. The number of oxazole rings is 2. The summed E-state index contributed by atoms with van der Waals surface area (Å²) < 4.78 is 11.3. The molecular formula is C52H48N16O15S4. The quantitative estimate of drug-likeness (QED) is 0.0771. The SMILES string of the molecule is C=C(NC(=O)C(=C)NC(=O)C(=C)NC(=O)C(=C)NC(=O)c1ccc2c(n1)-c1coc(n1)C(=C)NC(=O)C(=C)NC(=O)c1csc(n1)C(C)NC(=O)c1csc(n1)CNC(=O)c1coc(n1)C(CSC)NC(=O)[C@H]([C@@H](C)O)NC(=O)c1csc-2n1)C(=O)O. The molecule has 0 aliphatic carbocycles. The zero-order valence-corrected chi connectivity index (χ0v) is 48.8. The smallest absolute Gasteiger partial charge is 0.351 e. The minimum Gasteiger partial charge on any atom is -0.477 e. The number of nitrogens with one attached hydrogen (secondary N) is 10. The van der Waals surface area contributed by atoms with Crippen molar-refractivity contribution < 1.29 is 71.8 Å². The van der Waals surface area contributed by atoms with Crippen LogP contribution in [0.3, 0.4) is 0 Å². The van der Waals surface area contributed by atoms with Gasteiger partial charge in [-0.05, 0) is 32.2 Å². The summed E-state index contributed by atoms with van der Waals surface area (Å²) in [6.07, 6.45) is 2.35. The molecule has 6 aromatic rings. The van der Waals surface area contributed by atoms with Crippen LogP contribution in [0.2, 0.25) is 0 Å². The predicted octanol–water partition coefficient (Wildman–Crippen LogP) is 1.44. The fraction of sp³-hybridized carbons (Fsp3) is 0.173. The highest BCUT2D eigenvalue weighted by Gasteiger charge is 2.32. The third kappa shape index (κ3) is 16.0. The number of carbonyl (C=O) groups excluding carboxylic acids is 10. The van der Waals surface area contributed by atoms with Crippen LogP contribution < -0.4 is 53.2 Å². The van der Waals surface area contributed by atoms with E-state index in [0.717, 1.165) is 46.5 Å². The number of aliphatic carboxylic acids is 1. The fourth-order valence-electron chi connectivity index (χ4n) is 7.00. The molecule has 0 spiro atoms. The molecule has 0 aromatic carbocycles. The van der Waals surface area contributed by atoms with E-state index in [1.807, 2.05) is 10.6 Å². The van der Waals surface area contributed by atoms with Crippen LogP contribution in [0.4, 0.5) is 0 Å². The number of amides is 10. The number of nitrogens with zero attached hydrogens (tertiary/aromatic N) is 6. The maximum atomic E-state index is 13.9. The van der Waals surface area contributed by atoms with Crippen LogP contribution in [0.15, 0.2) is 118 Å². The van der Waals surface area contributed by atoms with Gasteiger partial charge in [0.25, 0.3) is 53.2 Å². The number of aromatic nitrogens is 6. The molecule has 1 aliphatic heterocycles. The number of carboxylic acids is 1. The highest BCUT2D eigenvalue weighted by molar-refractivity contribution is 7.98. The lowest BCUT2D eigenvalue weighted by atomic mass is 10.1. The summed E-state index contributed by atoms with van der Waals surface area (Å²) in [7, 11) is 0. The molecule has 2 unspecified atom stereocenters. The number of carboxylic acid groups (broad SMARTS) is 1. The van der Waals surface area contributed by atoms with Crippen LogP contribution in [0.1, 0.15) is 100 Å². The van der Waals surface area contributed by atoms with Crippen LogP contribution in [-0.4, -0.2) is 129 Å². The summed E-state index contributed by atoms with van der Waals surface area (Å²) in [5, 5.41) is 48.2. The molecular weight excluding hydrogens is 1220 g/mol. The van der Waals surface area contributed by atoms with E-state index in [-0.39, 0.29) is 74.5 Å². The van der Waals surface area contributed by atoms with Gasteiger partial charge in [-0.25, -0.2) is 34.7 Å². The standard InChI is InChI=1S/C52H48N16O15S4/c1-19(38(70)55-20(2)41(73)60-25(7)52(80)81)54-39(71)21(3)56-43(75)28-11-10-27-37(62-28)29-13-82-48(64-29)23(5)58-40(72)22(4)57-45(77)32-17-86-50(66-32)24(6)59-44(76)31-16-85-35(61-31)12-53-42(74)30-14-83-49(65-30)34(15-84-9)63-47(79)36(26(8)69)68-46(78)33-18-87-51(27)67-33/h10-11,13-14,16-18,24,26,34,36,69H,1-5,7,12,15H2,6,8-9H3,(H,53,74)(H,54,71)(H,55,70)(H,56,75)(H,57,77)(H,58,72)(H,59,76)(H,60,73)(H,63,79)(H,68,78)(H,80,81)/t24?,26-,34?,36+/m1/s1. The van der Waals surface area contributed by atoms with E-state index in [1.54, 1.807) is 13.2 Å². The Bertz CT molecular complexity index is 3910. The van der Waals surface area contributed by atoms with Crippen molar-refractivity contribution >= 4 is 117 Å². The first-order valence-corrected chi connectivity index (χ1v) is 28.7. The second-order valence-electron chi connectivity index (χ2n) is 17.9. The maximum Gasteiger partial charge on any atom is 0.351 e. The van der Waals surface area contributed by atoms with Crippen molar-refractivity contribution in [3.05, 3.63) is 159 Å². The van der Waals surface area contributed by atoms with Gasteiger partial charge in [-0.1, -0.05) is 39.5 Å². The van der Waals surface area contributed by atoms with E-state index in [0.29, 0.717) is 10.0 Å². The Morgan fingerprint density at radius 1 is 0.678 bits per heavy atom. The lowest BCUT2D eigenvalue weighted by Gasteiger charge is -2.23. The van der Waals surface area contributed by atoms with Gasteiger partial charge in [0.1, 0.15) is 79.5 Å². The Morgan fingerprint density at radius 2 is 1.28 bits per heavy atom. The summed E-state index contributed by atoms with van der Waals surface area (Å²) in [5.74, 6) is -11.3. The average Bonchev–Trinajstić information content (AvgIpc) is 2.00. The third-order valence-electron chi connectivity index (χ3n) is 11.5. The third-order valence-corrected chi connectivity index (χ3v) is 14.9. The van der Waals surface area contributed by atoms with Crippen molar-refractivity contribution in [3.63, 3.8) is 0 Å². The van der Waals surface area contributed by atoms with E-state index in [2.05, 4.69) is 112 Å². The van der Waals surface area contributed by atoms with Gasteiger partial charge in [-0.2, -0.15) is 11.8 Å². The van der Waals surface area contributed by atoms with Crippen molar-refractivity contribution in [2.45, 2.75) is 44.6 Å². The molecule has 87 heavy (non-hydrogen) atoms. The fourth-order valence-corrected chi connectivity index (χ4v) is 9.91. The number of fused-ring (bicyclic) bond motifs is 13. The number of aliphatic hydroxyl groups excluding tert-OH is 1. The second kappa shape index (κ2) is 27.8. The van der Waals surface area contributed by atoms with Crippen LogP contribution in [0, 0.1) is 0 Å². The monoisotopic (exact) mass is 1260 g/mol. The van der Waals surface area contributed by atoms with E-state index in [4.69, 9.17) is 13.9 Å². The molecule has 4 atom stereocenters. The molecule has 12 N–H and O–H groups in total. The Morgan fingerprint density at radius 3 is 1.94 bits per heavy atom. The van der Waals surface area contributed by atoms with Gasteiger partial charge < -0.3 is 72.2 Å². The lowest BCUT2D eigenvalue weighted by molar-refractivity contribution is -0.134. The molecule has 7 heterocycles. The zero-order chi connectivity index (χ0) is 63.6. The van der Waals surface area contributed by atoms with Gasteiger partial charge in [0.15, 0.2) is 5.69 Å². The van der Waals surface area contributed by atoms with E-state index >= 15 is 0 Å². The number of carbonyl (C=O) groups is 11. The molecule has 10 bridgehead atoms. The zero-order valence-electron chi connectivity index (χ0n) is 45.5. The Labute approximate surface area is 506 Å². The lowest BCUT2D eigenvalue weighted by Crippen LogP contribution is -2.53.